The third-order valence-electron chi connectivity index (χ3n) is 13.2. The van der Waals surface area contributed by atoms with E-state index in [1.54, 1.807) is 0 Å². The fourth-order valence-electron chi connectivity index (χ4n) is 10.8. The lowest BCUT2D eigenvalue weighted by Gasteiger charge is -2.42. The van der Waals surface area contributed by atoms with Crippen molar-refractivity contribution in [3.8, 4) is 11.1 Å². The van der Waals surface area contributed by atoms with Crippen LogP contribution in [0.4, 0.5) is 5.69 Å². The van der Waals surface area contributed by atoms with E-state index in [0.717, 1.165) is 17.1 Å². The number of hydrogen-bond donors (Lipinski definition) is 1. The van der Waals surface area contributed by atoms with E-state index >= 15 is 0 Å². The lowest BCUT2D eigenvalue weighted by Crippen LogP contribution is -2.38. The molecule has 0 saturated heterocycles. The molecular weight excluding hydrogens is 679 g/mol. The summed E-state index contributed by atoms with van der Waals surface area (Å²) in [6.45, 7) is 2.46. The molecule has 1 N–H and O–H groups in total. The number of rotatable bonds is 2. The average Bonchev–Trinajstić information content (AvgIpc) is 3.78. The molecule has 3 heteroatoms. The molecule has 0 amide bonds. The highest BCUT2D eigenvalue weighted by Crippen LogP contribution is 2.59. The van der Waals surface area contributed by atoms with Crippen LogP contribution in [0.3, 0.4) is 0 Å². The van der Waals surface area contributed by atoms with Gasteiger partial charge >= 0.3 is 0 Å². The zero-order chi connectivity index (χ0) is 36.6. The van der Waals surface area contributed by atoms with E-state index in [1.165, 1.54) is 98.2 Å². The molecule has 0 saturated carbocycles. The molecule has 56 heavy (non-hydrogen) atoms. The van der Waals surface area contributed by atoms with Gasteiger partial charge in [0.25, 0.3) is 0 Å². The van der Waals surface area contributed by atoms with Crippen LogP contribution in [0.15, 0.2) is 175 Å². The second-order valence-corrected chi connectivity index (χ2v) is 15.9. The normalized spacial score (nSPS) is 17.8. The third-order valence-corrected chi connectivity index (χ3v) is 13.2. The van der Waals surface area contributed by atoms with Gasteiger partial charge in [-0.15, -0.1) is 0 Å². The maximum Gasteiger partial charge on any atom is 0.134 e. The van der Waals surface area contributed by atoms with Crippen molar-refractivity contribution in [1.82, 2.24) is 9.72 Å². The van der Waals surface area contributed by atoms with Gasteiger partial charge in [-0.25, -0.2) is 4.99 Å². The Morgan fingerprint density at radius 3 is 1.95 bits per heavy atom. The van der Waals surface area contributed by atoms with Gasteiger partial charge in [0.15, 0.2) is 0 Å². The van der Waals surface area contributed by atoms with Gasteiger partial charge in [0.2, 0.25) is 0 Å². The summed E-state index contributed by atoms with van der Waals surface area (Å²) < 4.78 is 2.52. The molecule has 1 aliphatic carbocycles. The Morgan fingerprint density at radius 2 is 1.11 bits per heavy atom. The fourth-order valence-corrected chi connectivity index (χ4v) is 10.8. The molecule has 3 heterocycles. The maximum absolute atomic E-state index is 5.37. The van der Waals surface area contributed by atoms with E-state index in [-0.39, 0.29) is 17.9 Å². The number of para-hydroxylation sites is 3. The predicted octanol–water partition coefficient (Wildman–Crippen LogP) is 13.6. The number of aromatic nitrogens is 1. The molecule has 3 atom stereocenters. The van der Waals surface area contributed by atoms with Gasteiger partial charge in [0.1, 0.15) is 5.84 Å². The highest BCUT2D eigenvalue weighted by molar-refractivity contribution is 6.29. The number of nitrogens with zero attached hydrogens (tertiary/aromatic N) is 2. The Morgan fingerprint density at radius 1 is 0.482 bits per heavy atom. The van der Waals surface area contributed by atoms with Gasteiger partial charge in [0, 0.05) is 38.6 Å². The molecule has 13 rings (SSSR count). The van der Waals surface area contributed by atoms with Crippen LogP contribution in [0.5, 0.6) is 0 Å². The lowest BCUT2D eigenvalue weighted by molar-refractivity contribution is 0.445. The third kappa shape index (κ3) is 3.94. The Balaban J connectivity index is 1.11. The van der Waals surface area contributed by atoms with E-state index in [1.807, 2.05) is 0 Å². The maximum atomic E-state index is 5.37. The van der Waals surface area contributed by atoms with Crippen molar-refractivity contribution in [3.05, 3.63) is 192 Å². The molecule has 2 aromatic heterocycles. The molecule has 262 valence electrons. The smallest absolute Gasteiger partial charge is 0.134 e. The van der Waals surface area contributed by atoms with Gasteiger partial charge in [-0.1, -0.05) is 146 Å². The first-order valence-electron chi connectivity index (χ1n) is 19.8. The average molecular weight is 714 g/mol. The Labute approximate surface area is 323 Å². The minimum Gasteiger partial charge on any atom is -0.362 e. The van der Waals surface area contributed by atoms with Crippen molar-refractivity contribution >= 4 is 81.9 Å². The molecule has 3 nitrogen and oxygen atoms in total. The first-order chi connectivity index (χ1) is 27.7. The summed E-state index contributed by atoms with van der Waals surface area (Å²) >= 11 is 0. The van der Waals surface area contributed by atoms with Crippen LogP contribution in [-0.4, -0.2) is 10.2 Å². The Bertz CT molecular complexity index is 3490. The summed E-state index contributed by atoms with van der Waals surface area (Å²) in [6, 6.07) is 63.1. The van der Waals surface area contributed by atoms with Gasteiger partial charge in [-0.3, -0.25) is 0 Å². The number of fused-ring (bicyclic) bond motifs is 16. The summed E-state index contributed by atoms with van der Waals surface area (Å²) in [5, 5.41) is 17.0. The van der Waals surface area contributed by atoms with Crippen LogP contribution < -0.4 is 5.32 Å². The molecule has 9 aromatic carbocycles. The zero-order valence-corrected chi connectivity index (χ0v) is 30.8. The minimum absolute atomic E-state index is 0.0232. The van der Waals surface area contributed by atoms with E-state index in [0.29, 0.717) is 0 Å². The van der Waals surface area contributed by atoms with Crippen LogP contribution in [-0.2, 0) is 0 Å². The zero-order valence-electron chi connectivity index (χ0n) is 30.8. The fraction of sp³-hybridized carbons (Fsp3) is 0.0755. The number of hydrogen-bond acceptors (Lipinski definition) is 2. The molecular formula is C53H35N3. The first-order valence-corrected chi connectivity index (χ1v) is 19.8. The van der Waals surface area contributed by atoms with E-state index in [2.05, 4.69) is 186 Å². The van der Waals surface area contributed by atoms with Crippen molar-refractivity contribution in [2.45, 2.75) is 24.8 Å². The first kappa shape index (κ1) is 30.4. The molecule has 0 spiro atoms. The predicted molar refractivity (Wildman–Crippen MR) is 235 cm³/mol. The molecule has 3 unspecified atom stereocenters. The van der Waals surface area contributed by atoms with Crippen LogP contribution in [0.25, 0.3) is 81.5 Å². The van der Waals surface area contributed by atoms with Crippen molar-refractivity contribution in [1.29, 1.82) is 0 Å². The SMILES string of the molecule is CC1c2ccc3ccccc3c2-c2c(cc3c4ccccc4n4c5ccccc5c2c34)C1C1NC(c2ccc3ccc4ccccc4c3c2)=Nc2ccccc21. The van der Waals surface area contributed by atoms with Crippen LogP contribution in [0, 0.1) is 0 Å². The summed E-state index contributed by atoms with van der Waals surface area (Å²) in [4.78, 5) is 5.37. The lowest BCUT2D eigenvalue weighted by atomic mass is 9.66. The molecule has 1 aliphatic heterocycles. The van der Waals surface area contributed by atoms with Gasteiger partial charge < -0.3 is 9.72 Å². The van der Waals surface area contributed by atoms with Crippen LogP contribution in [0.2, 0.25) is 0 Å². The number of nitrogens with one attached hydrogen (secondary N) is 1. The molecule has 11 aromatic rings. The highest BCUT2D eigenvalue weighted by atomic mass is 15.1. The van der Waals surface area contributed by atoms with Crippen molar-refractivity contribution in [2.24, 2.45) is 4.99 Å². The molecule has 0 radical (unpaired) electrons. The highest BCUT2D eigenvalue weighted by Gasteiger charge is 2.42. The van der Waals surface area contributed by atoms with Crippen molar-refractivity contribution in [2.75, 3.05) is 0 Å². The second kappa shape index (κ2) is 11.1. The van der Waals surface area contributed by atoms with Gasteiger partial charge in [0.05, 0.1) is 28.3 Å². The second-order valence-electron chi connectivity index (χ2n) is 15.9. The Hall–Kier alpha value is -6.97. The largest absolute Gasteiger partial charge is 0.362 e. The van der Waals surface area contributed by atoms with Crippen molar-refractivity contribution in [3.63, 3.8) is 0 Å². The molecule has 2 aliphatic rings. The monoisotopic (exact) mass is 713 g/mol. The summed E-state index contributed by atoms with van der Waals surface area (Å²) in [7, 11) is 0. The quantitative estimate of drug-likeness (QED) is 0.178. The van der Waals surface area contributed by atoms with Crippen molar-refractivity contribution < 1.29 is 0 Å². The Kier molecular flexibility index (Phi) is 5.99. The summed E-state index contributed by atoms with van der Waals surface area (Å²) in [5.74, 6) is 1.25. The minimum atomic E-state index is -0.0232. The number of amidine groups is 1. The van der Waals surface area contributed by atoms with Gasteiger partial charge in [-0.2, -0.15) is 0 Å². The van der Waals surface area contributed by atoms with E-state index in [9.17, 15) is 0 Å². The molecule has 0 bridgehead atoms. The van der Waals surface area contributed by atoms with Crippen LogP contribution >= 0.6 is 0 Å². The van der Waals surface area contributed by atoms with E-state index < -0.39 is 0 Å². The number of benzene rings is 9. The van der Waals surface area contributed by atoms with Crippen LogP contribution in [0.1, 0.15) is 47.1 Å². The standard InChI is InChI=1S/C53H35N3/c1-30-35-27-26-32-13-3-5-15-37(32)48(35)49-43(29-42-38-16-7-10-20-45(38)56-46-21-11-8-18-40(46)50(49)52(42)56)47(30)51-39-17-6-9-19-44(39)54-53(55-51)34-25-24-33-23-22-31-12-2-4-14-36(31)41(33)28-34/h2-30,47,51H,1H3,(H,54,55). The topological polar surface area (TPSA) is 28.8 Å². The van der Waals surface area contributed by atoms with E-state index in [4.69, 9.17) is 4.99 Å². The van der Waals surface area contributed by atoms with Gasteiger partial charge in [-0.05, 0) is 90.8 Å². The summed E-state index contributed by atoms with van der Waals surface area (Å²) in [5.41, 5.74) is 12.8. The molecule has 0 fully saturated rings. The number of aliphatic imine (C=N–C) groups is 1. The summed E-state index contributed by atoms with van der Waals surface area (Å²) in [6.07, 6.45) is 0.